The van der Waals surface area contributed by atoms with E-state index in [9.17, 15) is 18.3 Å². The molecule has 0 aliphatic heterocycles. The number of aromatic nitrogens is 1. The Balaban J connectivity index is 0.00000261. The van der Waals surface area contributed by atoms with Crippen molar-refractivity contribution in [3.8, 4) is 0 Å². The molecular weight excluding hydrogens is 370 g/mol. The van der Waals surface area contributed by atoms with E-state index in [0.717, 1.165) is 16.5 Å². The topological polar surface area (TPSA) is 157 Å². The standard InChI is InChI=1S/C18H19N3O4S.H2O/c19-26(24,25)13-7-5-12(6-8-13)9-10-20-17(18(22)23)15-11-21-16-4-2-1-3-14(15)16;/h1-8,11,17,20-21H,9-10H2,(H,22,23)(H2,19,24,25);1H2. The van der Waals surface area contributed by atoms with Gasteiger partial charge in [-0.1, -0.05) is 30.3 Å². The fourth-order valence-electron chi connectivity index (χ4n) is 2.87. The number of nitrogens with two attached hydrogens (primary N) is 1. The molecule has 3 aromatic rings. The van der Waals surface area contributed by atoms with Crippen LogP contribution in [-0.2, 0) is 21.2 Å². The van der Waals surface area contributed by atoms with Gasteiger partial charge in [-0.2, -0.15) is 0 Å². The maximum absolute atomic E-state index is 11.7. The number of hydrogen-bond donors (Lipinski definition) is 4. The molecule has 0 radical (unpaired) electrons. The van der Waals surface area contributed by atoms with Crippen molar-refractivity contribution in [3.63, 3.8) is 0 Å². The Morgan fingerprint density at radius 2 is 1.81 bits per heavy atom. The summed E-state index contributed by atoms with van der Waals surface area (Å²) in [5, 5.41) is 18.6. The van der Waals surface area contributed by atoms with E-state index >= 15 is 0 Å². The van der Waals surface area contributed by atoms with Crippen LogP contribution in [0.15, 0.2) is 59.6 Å². The molecule has 27 heavy (non-hydrogen) atoms. The highest BCUT2D eigenvalue weighted by atomic mass is 32.2. The highest BCUT2D eigenvalue weighted by molar-refractivity contribution is 7.89. The van der Waals surface area contributed by atoms with Gasteiger partial charge in [-0.15, -0.1) is 0 Å². The minimum atomic E-state index is -3.71. The lowest BCUT2D eigenvalue weighted by molar-refractivity contribution is -0.139. The molecule has 0 fully saturated rings. The molecule has 1 atom stereocenters. The second-order valence-corrected chi connectivity index (χ2v) is 7.52. The lowest BCUT2D eigenvalue weighted by atomic mass is 10.1. The molecule has 0 saturated carbocycles. The fraction of sp³-hybridized carbons (Fsp3) is 0.167. The summed E-state index contributed by atoms with van der Waals surface area (Å²) in [7, 11) is -3.71. The number of carboxylic acid groups (broad SMARTS) is 1. The number of aromatic amines is 1. The maximum atomic E-state index is 11.7. The molecule has 3 rings (SSSR count). The van der Waals surface area contributed by atoms with E-state index in [4.69, 9.17) is 5.14 Å². The van der Waals surface area contributed by atoms with Crippen molar-refractivity contribution in [2.75, 3.05) is 6.54 Å². The molecule has 0 amide bonds. The van der Waals surface area contributed by atoms with Gasteiger partial charge in [0.2, 0.25) is 10.0 Å². The van der Waals surface area contributed by atoms with E-state index in [-0.39, 0.29) is 10.4 Å². The third-order valence-corrected chi connectivity index (χ3v) is 5.12. The highest BCUT2D eigenvalue weighted by Crippen LogP contribution is 2.24. The molecule has 0 spiro atoms. The number of aliphatic carboxylic acids is 1. The quantitative estimate of drug-likeness (QED) is 0.471. The van der Waals surface area contributed by atoms with Crippen LogP contribution in [0, 0.1) is 0 Å². The number of benzene rings is 2. The van der Waals surface area contributed by atoms with E-state index < -0.39 is 22.0 Å². The van der Waals surface area contributed by atoms with Gasteiger partial charge in [-0.3, -0.25) is 4.79 Å². The van der Waals surface area contributed by atoms with Crippen LogP contribution in [0.25, 0.3) is 10.9 Å². The van der Waals surface area contributed by atoms with E-state index in [1.54, 1.807) is 18.3 Å². The molecule has 2 aromatic carbocycles. The maximum Gasteiger partial charge on any atom is 0.325 e. The molecule has 1 unspecified atom stereocenters. The number of H-pyrrole nitrogens is 1. The second-order valence-electron chi connectivity index (χ2n) is 5.95. The van der Waals surface area contributed by atoms with Gasteiger partial charge in [0.25, 0.3) is 0 Å². The number of fused-ring (bicyclic) bond motifs is 1. The Hall–Kier alpha value is -2.72. The SMILES string of the molecule is NS(=O)(=O)c1ccc(CCNC(C(=O)O)c2c[nH]c3ccccc23)cc1.O. The molecule has 0 saturated heterocycles. The van der Waals surface area contributed by atoms with Crippen LogP contribution >= 0.6 is 0 Å². The van der Waals surface area contributed by atoms with E-state index in [2.05, 4.69) is 10.3 Å². The Morgan fingerprint density at radius 1 is 1.15 bits per heavy atom. The van der Waals surface area contributed by atoms with Crippen molar-refractivity contribution < 1.29 is 23.8 Å². The van der Waals surface area contributed by atoms with Gasteiger partial charge in [0, 0.05) is 29.2 Å². The Bertz CT molecular complexity index is 1030. The molecule has 1 heterocycles. The molecule has 1 aromatic heterocycles. The molecular formula is C18H21N3O5S. The average molecular weight is 391 g/mol. The van der Waals surface area contributed by atoms with Gasteiger partial charge in [0.15, 0.2) is 0 Å². The Morgan fingerprint density at radius 3 is 2.44 bits per heavy atom. The summed E-state index contributed by atoms with van der Waals surface area (Å²) in [6.07, 6.45) is 2.26. The third kappa shape index (κ3) is 4.72. The smallest absolute Gasteiger partial charge is 0.325 e. The predicted octanol–water partition coefficient (Wildman–Crippen LogP) is 0.949. The average Bonchev–Trinajstić information content (AvgIpc) is 3.02. The molecule has 7 N–H and O–H groups in total. The molecule has 0 bridgehead atoms. The first kappa shape index (κ1) is 20.6. The van der Waals surface area contributed by atoms with Crippen LogP contribution in [0.5, 0.6) is 0 Å². The first-order valence-corrected chi connectivity index (χ1v) is 9.55. The van der Waals surface area contributed by atoms with Crippen molar-refractivity contribution >= 4 is 26.9 Å². The predicted molar refractivity (Wildman–Crippen MR) is 102 cm³/mol. The van der Waals surface area contributed by atoms with Gasteiger partial charge >= 0.3 is 5.97 Å². The highest BCUT2D eigenvalue weighted by Gasteiger charge is 2.22. The minimum Gasteiger partial charge on any atom is -0.480 e. The summed E-state index contributed by atoms with van der Waals surface area (Å²) >= 11 is 0. The van der Waals surface area contributed by atoms with Crippen LogP contribution in [-0.4, -0.2) is 36.5 Å². The number of sulfonamides is 1. The normalized spacial score (nSPS) is 12.5. The lowest BCUT2D eigenvalue weighted by Gasteiger charge is -2.14. The summed E-state index contributed by atoms with van der Waals surface area (Å²) in [4.78, 5) is 14.8. The Kier molecular flexibility index (Phi) is 6.34. The molecule has 9 heteroatoms. The van der Waals surface area contributed by atoms with Crippen LogP contribution in [0.4, 0.5) is 0 Å². The third-order valence-electron chi connectivity index (χ3n) is 4.19. The summed E-state index contributed by atoms with van der Waals surface area (Å²) in [6, 6.07) is 12.9. The van der Waals surface area contributed by atoms with Crippen LogP contribution in [0.1, 0.15) is 17.2 Å². The van der Waals surface area contributed by atoms with Crippen molar-refractivity contribution in [2.24, 2.45) is 5.14 Å². The number of carboxylic acids is 1. The minimum absolute atomic E-state index is 0. The van der Waals surface area contributed by atoms with Crippen molar-refractivity contribution in [1.82, 2.24) is 10.3 Å². The first-order valence-electron chi connectivity index (χ1n) is 8.00. The molecule has 8 nitrogen and oxygen atoms in total. The van der Waals surface area contributed by atoms with Gasteiger partial charge in [0.05, 0.1) is 4.90 Å². The van der Waals surface area contributed by atoms with E-state index in [1.165, 1.54) is 12.1 Å². The summed E-state index contributed by atoms with van der Waals surface area (Å²) < 4.78 is 22.5. The number of hydrogen-bond acceptors (Lipinski definition) is 4. The largest absolute Gasteiger partial charge is 0.480 e. The van der Waals surface area contributed by atoms with Gasteiger partial charge in [-0.05, 0) is 30.2 Å². The summed E-state index contributed by atoms with van der Waals surface area (Å²) in [5.74, 6) is -0.959. The van der Waals surface area contributed by atoms with Gasteiger partial charge in [-0.25, -0.2) is 13.6 Å². The number of carbonyl (C=O) groups is 1. The van der Waals surface area contributed by atoms with Crippen molar-refractivity contribution in [1.29, 1.82) is 0 Å². The van der Waals surface area contributed by atoms with Gasteiger partial charge < -0.3 is 20.9 Å². The Labute approximate surface area is 156 Å². The number of para-hydroxylation sites is 1. The fourth-order valence-corrected chi connectivity index (χ4v) is 3.39. The number of rotatable bonds is 7. The number of nitrogens with one attached hydrogen (secondary N) is 2. The lowest BCUT2D eigenvalue weighted by Crippen LogP contribution is -2.30. The summed E-state index contributed by atoms with van der Waals surface area (Å²) in [6.45, 7) is 0.422. The second kappa shape index (κ2) is 8.31. The molecule has 144 valence electrons. The summed E-state index contributed by atoms with van der Waals surface area (Å²) in [5.41, 5.74) is 2.44. The molecule has 0 aliphatic rings. The zero-order chi connectivity index (χ0) is 18.7. The van der Waals surface area contributed by atoms with Crippen molar-refractivity contribution in [2.45, 2.75) is 17.4 Å². The van der Waals surface area contributed by atoms with Crippen LogP contribution in [0.2, 0.25) is 0 Å². The van der Waals surface area contributed by atoms with E-state index in [1.807, 2.05) is 24.3 Å². The molecule has 0 aliphatic carbocycles. The zero-order valence-corrected chi connectivity index (χ0v) is 15.2. The van der Waals surface area contributed by atoms with Crippen LogP contribution < -0.4 is 10.5 Å². The van der Waals surface area contributed by atoms with Gasteiger partial charge in [0.1, 0.15) is 6.04 Å². The monoisotopic (exact) mass is 391 g/mol. The number of primary sulfonamides is 1. The van der Waals surface area contributed by atoms with E-state index in [0.29, 0.717) is 18.5 Å². The zero-order valence-electron chi connectivity index (χ0n) is 14.3. The van der Waals surface area contributed by atoms with Crippen LogP contribution in [0.3, 0.4) is 0 Å². The van der Waals surface area contributed by atoms with Crippen molar-refractivity contribution in [3.05, 3.63) is 65.9 Å². The first-order chi connectivity index (χ1) is 12.4.